The quantitative estimate of drug-likeness (QED) is 0.0466. The van der Waals surface area contributed by atoms with Crippen molar-refractivity contribution in [3.63, 3.8) is 0 Å². The number of phenols is 1. The van der Waals surface area contributed by atoms with Crippen molar-refractivity contribution in [2.75, 3.05) is 26.7 Å². The lowest BCUT2D eigenvalue weighted by Gasteiger charge is -2.26. The number of nitrogens with two attached hydrogens (primary N) is 2. The molecule has 324 valence electrons. The summed E-state index contributed by atoms with van der Waals surface area (Å²) in [7, 11) is 1.98. The van der Waals surface area contributed by atoms with Crippen LogP contribution in [0.3, 0.4) is 0 Å². The van der Waals surface area contributed by atoms with Gasteiger partial charge >= 0.3 is 0 Å². The van der Waals surface area contributed by atoms with E-state index in [4.69, 9.17) is 11.5 Å². The summed E-state index contributed by atoms with van der Waals surface area (Å²) in [6.07, 6.45) is 1.21. The molecule has 0 unspecified atom stereocenters. The molecule has 15 nitrogen and oxygen atoms in total. The van der Waals surface area contributed by atoms with Crippen LogP contribution in [-0.4, -0.2) is 96.4 Å². The Morgan fingerprint density at radius 1 is 0.613 bits per heavy atom. The van der Waals surface area contributed by atoms with Crippen LogP contribution in [0.2, 0.25) is 0 Å². The van der Waals surface area contributed by atoms with Gasteiger partial charge in [-0.3, -0.25) is 29.0 Å². The Labute approximate surface area is 360 Å². The Bertz CT molecular complexity index is 2400. The summed E-state index contributed by atoms with van der Waals surface area (Å²) in [5, 5.41) is 28.0. The molecule has 0 aliphatic carbocycles. The molecule has 10 N–H and O–H groups in total. The molecule has 1 fully saturated rings. The zero-order valence-corrected chi connectivity index (χ0v) is 34.8. The molecule has 4 atom stereocenters. The first-order valence-corrected chi connectivity index (χ1v) is 20.9. The van der Waals surface area contributed by atoms with Gasteiger partial charge in [0.15, 0.2) is 5.96 Å². The predicted molar refractivity (Wildman–Crippen MR) is 240 cm³/mol. The van der Waals surface area contributed by atoms with Gasteiger partial charge in [0.1, 0.15) is 29.9 Å². The molecule has 1 saturated heterocycles. The van der Waals surface area contributed by atoms with E-state index in [1.54, 1.807) is 12.1 Å². The lowest BCUT2D eigenvalue weighted by atomic mass is 10.0. The Morgan fingerprint density at radius 3 is 1.74 bits per heavy atom. The molecular weight excluding hydrogens is 787 g/mol. The summed E-state index contributed by atoms with van der Waals surface area (Å²) in [6, 6.07) is 29.6. The Kier molecular flexibility index (Phi) is 15.4. The molecule has 6 rings (SSSR count). The van der Waals surface area contributed by atoms with Crippen molar-refractivity contribution in [2.24, 2.45) is 16.5 Å². The second-order valence-corrected chi connectivity index (χ2v) is 15.8. The van der Waals surface area contributed by atoms with E-state index in [9.17, 15) is 29.1 Å². The third-order valence-corrected chi connectivity index (χ3v) is 10.8. The topological polar surface area (TPSA) is 233 Å². The van der Waals surface area contributed by atoms with Crippen LogP contribution >= 0.6 is 0 Å². The molecule has 1 aliphatic rings. The highest BCUT2D eigenvalue weighted by molar-refractivity contribution is 5.97. The number of nitrogens with one attached hydrogen (secondary N) is 5. The Morgan fingerprint density at radius 2 is 1.11 bits per heavy atom. The van der Waals surface area contributed by atoms with E-state index >= 15 is 0 Å². The first kappa shape index (κ1) is 44.5. The van der Waals surface area contributed by atoms with Crippen LogP contribution in [0.5, 0.6) is 5.75 Å². The third kappa shape index (κ3) is 13.0. The van der Waals surface area contributed by atoms with E-state index in [2.05, 4.69) is 66.8 Å². The van der Waals surface area contributed by atoms with Crippen LogP contribution in [0, 0.1) is 0 Å². The van der Waals surface area contributed by atoms with Crippen LogP contribution in [0.1, 0.15) is 42.4 Å². The molecule has 0 spiro atoms. The standard InChI is InChI=1S/C47H55N9O6/c1-56(29-32-15-19-34-9-3-5-11-36(34)25-32)23-7-13-39-44(60)53-38(12-6-22-50-47(48)49)45(61)55-40(27-31-14-18-33-8-2-4-10-35(33)24-31)43(59)51-28-42(58)52-41(46(62)54-39)26-30-16-20-37(57)21-17-30/h2-5,8-11,14-21,24-25,38-41,57H,6-7,12-13,22-23,26-29H2,1H3,(H,51,59)(H,52,58)(H,53,60)(H,54,62)(H,55,61)(H4,48,49,50)/t38-,39-,40-,41+/m0/s1. The van der Waals surface area contributed by atoms with Gasteiger partial charge in [-0.2, -0.15) is 0 Å². The number of carbonyl (C=O) groups excluding carboxylic acids is 5. The van der Waals surface area contributed by atoms with Crippen molar-refractivity contribution < 1.29 is 29.1 Å². The molecule has 5 amide bonds. The minimum Gasteiger partial charge on any atom is -0.508 e. The summed E-state index contributed by atoms with van der Waals surface area (Å²) in [4.78, 5) is 76.1. The number of fused-ring (bicyclic) bond motifs is 2. The Balaban J connectivity index is 1.26. The zero-order chi connectivity index (χ0) is 44.0. The van der Waals surface area contributed by atoms with Crippen LogP contribution in [0.25, 0.3) is 21.5 Å². The maximum atomic E-state index is 14.3. The number of hydrogen-bond acceptors (Lipinski definition) is 8. The van der Waals surface area contributed by atoms with Crippen molar-refractivity contribution in [3.05, 3.63) is 126 Å². The van der Waals surface area contributed by atoms with Crippen LogP contribution in [0.15, 0.2) is 114 Å². The van der Waals surface area contributed by atoms with E-state index in [0.29, 0.717) is 31.5 Å². The van der Waals surface area contributed by atoms with Crippen molar-refractivity contribution in [3.8, 4) is 5.75 Å². The summed E-state index contributed by atoms with van der Waals surface area (Å²) >= 11 is 0. The molecule has 1 heterocycles. The van der Waals surface area contributed by atoms with Crippen LogP contribution < -0.4 is 38.1 Å². The molecule has 0 saturated carbocycles. The van der Waals surface area contributed by atoms with E-state index in [1.807, 2.05) is 61.6 Å². The zero-order valence-electron chi connectivity index (χ0n) is 34.8. The fraction of sp³-hybridized carbons (Fsp3) is 0.319. The van der Waals surface area contributed by atoms with Crippen molar-refractivity contribution in [1.29, 1.82) is 0 Å². The van der Waals surface area contributed by atoms with E-state index in [-0.39, 0.29) is 43.9 Å². The molecule has 15 heteroatoms. The third-order valence-electron chi connectivity index (χ3n) is 10.8. The SMILES string of the molecule is CN(CCC[C@@H]1NC(=O)[C@@H](Cc2ccc(O)cc2)NC(=O)CNC(=O)[C@H](Cc2ccc3ccccc3c2)NC(=O)[C@H](CCCN=C(N)N)NC1=O)Cc1ccc2ccccc2c1. The second-order valence-electron chi connectivity index (χ2n) is 15.8. The van der Waals surface area contributed by atoms with E-state index in [1.165, 1.54) is 12.1 Å². The molecule has 0 aromatic heterocycles. The number of phenolic OH excluding ortho intramolecular Hbond substituents is 1. The highest BCUT2D eigenvalue weighted by Crippen LogP contribution is 2.19. The number of carbonyl (C=O) groups is 5. The van der Waals surface area contributed by atoms with Crippen molar-refractivity contribution >= 4 is 57.0 Å². The molecule has 5 aromatic carbocycles. The lowest BCUT2D eigenvalue weighted by Crippen LogP contribution is -2.58. The molecule has 0 bridgehead atoms. The summed E-state index contributed by atoms with van der Waals surface area (Å²) in [6.45, 7) is 0.917. The molecule has 0 radical (unpaired) electrons. The van der Waals surface area contributed by atoms with E-state index < -0.39 is 60.2 Å². The van der Waals surface area contributed by atoms with Gasteiger partial charge in [-0.05, 0) is 95.7 Å². The highest BCUT2D eigenvalue weighted by atomic mass is 16.3. The average Bonchev–Trinajstić information content (AvgIpc) is 3.26. The largest absolute Gasteiger partial charge is 0.508 e. The minimum atomic E-state index is -1.16. The number of benzene rings is 5. The molecule has 62 heavy (non-hydrogen) atoms. The van der Waals surface area contributed by atoms with Gasteiger partial charge < -0.3 is 48.1 Å². The maximum absolute atomic E-state index is 14.3. The number of amides is 5. The molecule has 1 aliphatic heterocycles. The number of rotatable bonds is 14. The van der Waals surface area contributed by atoms with Crippen LogP contribution in [0.4, 0.5) is 0 Å². The van der Waals surface area contributed by atoms with Gasteiger partial charge in [0.25, 0.3) is 0 Å². The summed E-state index contributed by atoms with van der Waals surface area (Å²) in [5.74, 6) is -3.26. The van der Waals surface area contributed by atoms with Crippen LogP contribution in [-0.2, 0) is 43.4 Å². The van der Waals surface area contributed by atoms with Gasteiger partial charge in [0, 0.05) is 25.9 Å². The van der Waals surface area contributed by atoms with Gasteiger partial charge in [-0.15, -0.1) is 0 Å². The van der Waals surface area contributed by atoms with Gasteiger partial charge in [0.05, 0.1) is 6.54 Å². The number of aromatic hydroxyl groups is 1. The van der Waals surface area contributed by atoms with E-state index in [0.717, 1.165) is 32.7 Å². The summed E-state index contributed by atoms with van der Waals surface area (Å²) in [5.41, 5.74) is 13.6. The average molecular weight is 842 g/mol. The highest BCUT2D eigenvalue weighted by Gasteiger charge is 2.32. The normalized spacial score (nSPS) is 19.1. The number of aliphatic imine (C=N–C) groups is 1. The maximum Gasteiger partial charge on any atom is 0.243 e. The van der Waals surface area contributed by atoms with Gasteiger partial charge in [-0.1, -0.05) is 91.0 Å². The monoisotopic (exact) mass is 841 g/mol. The molecule has 5 aromatic rings. The second kappa shape index (κ2) is 21.5. The number of hydrogen-bond donors (Lipinski definition) is 8. The number of nitrogens with zero attached hydrogens (tertiary/aromatic N) is 2. The fourth-order valence-corrected chi connectivity index (χ4v) is 7.58. The summed E-state index contributed by atoms with van der Waals surface area (Å²) < 4.78 is 0. The van der Waals surface area contributed by atoms with Gasteiger partial charge in [-0.25, -0.2) is 0 Å². The van der Waals surface area contributed by atoms with Crippen molar-refractivity contribution in [1.82, 2.24) is 31.5 Å². The lowest BCUT2D eigenvalue weighted by molar-refractivity contribution is -0.134. The molecular formula is C47H55N9O6. The Hall–Kier alpha value is -7.00. The minimum absolute atomic E-state index is 0.0205. The predicted octanol–water partition coefficient (Wildman–Crippen LogP) is 2.52. The smallest absolute Gasteiger partial charge is 0.243 e. The van der Waals surface area contributed by atoms with Crippen molar-refractivity contribution in [2.45, 2.75) is 69.2 Å². The fourth-order valence-electron chi connectivity index (χ4n) is 7.58. The first-order chi connectivity index (χ1) is 29.9. The first-order valence-electron chi connectivity index (χ1n) is 20.9. The van der Waals surface area contributed by atoms with Gasteiger partial charge in [0.2, 0.25) is 29.5 Å². The number of guanidine groups is 1.